The number of ketones is 1. The number of carbonyl (C=O) groups is 4. The van der Waals surface area contributed by atoms with Crippen LogP contribution in [0.3, 0.4) is 0 Å². The first-order valence-electron chi connectivity index (χ1n) is 9.38. The predicted octanol–water partition coefficient (Wildman–Crippen LogP) is 2.74. The predicted molar refractivity (Wildman–Crippen MR) is 106 cm³/mol. The third-order valence-corrected chi connectivity index (χ3v) is 4.50. The molecule has 0 spiro atoms. The van der Waals surface area contributed by atoms with Gasteiger partial charge in [0, 0.05) is 42.4 Å². The third-order valence-electron chi connectivity index (χ3n) is 4.50. The van der Waals surface area contributed by atoms with E-state index >= 15 is 0 Å². The average molecular weight is 395 g/mol. The fraction of sp³-hybridized carbons (Fsp3) is 0.619. The first-order chi connectivity index (χ1) is 13.0. The van der Waals surface area contributed by atoms with E-state index in [-0.39, 0.29) is 37.7 Å². The zero-order valence-electron chi connectivity index (χ0n) is 17.5. The van der Waals surface area contributed by atoms with Crippen LogP contribution in [0.15, 0.2) is 25.3 Å². The summed E-state index contributed by atoms with van der Waals surface area (Å²) < 4.78 is 10.1. The Hall–Kier alpha value is -2.44. The number of nitrogens with one attached hydrogen (secondary N) is 1. The Morgan fingerprint density at radius 3 is 1.89 bits per heavy atom. The van der Waals surface area contributed by atoms with Crippen molar-refractivity contribution >= 4 is 23.6 Å². The fourth-order valence-electron chi connectivity index (χ4n) is 2.20. The lowest BCUT2D eigenvalue weighted by Crippen LogP contribution is -2.37. The van der Waals surface area contributed by atoms with Gasteiger partial charge in [0.05, 0.1) is 0 Å². The van der Waals surface area contributed by atoms with Gasteiger partial charge in [-0.2, -0.15) is 0 Å². The van der Waals surface area contributed by atoms with Crippen LogP contribution in [0.2, 0.25) is 0 Å². The van der Waals surface area contributed by atoms with Crippen molar-refractivity contribution in [2.45, 2.75) is 53.4 Å². The molecular formula is C21H33NO6. The van der Waals surface area contributed by atoms with Crippen LogP contribution in [-0.2, 0) is 28.7 Å². The summed E-state index contributed by atoms with van der Waals surface area (Å²) in [6, 6.07) is 0. The molecule has 0 radical (unpaired) electrons. The first kappa shape index (κ1) is 25.6. The number of hydrogen-bond acceptors (Lipinski definition) is 6. The van der Waals surface area contributed by atoms with Crippen molar-refractivity contribution in [2.75, 3.05) is 19.8 Å². The molecule has 1 amide bonds. The monoisotopic (exact) mass is 395 g/mol. The normalized spacial score (nSPS) is 11.3. The minimum absolute atomic E-state index is 0.0417. The van der Waals surface area contributed by atoms with E-state index in [2.05, 4.69) is 18.5 Å². The van der Waals surface area contributed by atoms with Crippen molar-refractivity contribution in [2.24, 2.45) is 10.8 Å². The van der Waals surface area contributed by atoms with Gasteiger partial charge in [0.1, 0.15) is 19.0 Å². The van der Waals surface area contributed by atoms with Crippen LogP contribution >= 0.6 is 0 Å². The SMILES string of the molecule is C=CC(=O)OCC(C)(COC(=O)C=C)CC(=O)CCCNC(=O)C(C)(C)CC. The topological polar surface area (TPSA) is 98.8 Å². The molecule has 0 heterocycles. The van der Waals surface area contributed by atoms with Crippen molar-refractivity contribution in [3.63, 3.8) is 0 Å². The molecule has 0 aromatic carbocycles. The lowest BCUT2D eigenvalue weighted by molar-refractivity contribution is -0.149. The van der Waals surface area contributed by atoms with Crippen molar-refractivity contribution in [1.29, 1.82) is 0 Å². The molecule has 7 nitrogen and oxygen atoms in total. The van der Waals surface area contributed by atoms with Gasteiger partial charge in [-0.1, -0.05) is 40.9 Å². The molecule has 1 N–H and O–H groups in total. The van der Waals surface area contributed by atoms with Crippen LogP contribution in [0, 0.1) is 10.8 Å². The lowest BCUT2D eigenvalue weighted by atomic mass is 9.85. The molecule has 0 aromatic rings. The van der Waals surface area contributed by atoms with Crippen LogP contribution in [0.5, 0.6) is 0 Å². The highest BCUT2D eigenvalue weighted by Gasteiger charge is 2.31. The Kier molecular flexibility index (Phi) is 11.0. The second-order valence-electron chi connectivity index (χ2n) is 7.75. The van der Waals surface area contributed by atoms with Gasteiger partial charge in [-0.15, -0.1) is 0 Å². The van der Waals surface area contributed by atoms with E-state index in [9.17, 15) is 19.2 Å². The minimum atomic E-state index is -0.859. The molecule has 0 atom stereocenters. The molecule has 0 aliphatic rings. The van der Waals surface area contributed by atoms with E-state index in [1.807, 2.05) is 20.8 Å². The summed E-state index contributed by atoms with van der Waals surface area (Å²) in [5.74, 6) is -1.35. The van der Waals surface area contributed by atoms with Gasteiger partial charge < -0.3 is 14.8 Å². The van der Waals surface area contributed by atoms with Crippen LogP contribution in [0.25, 0.3) is 0 Å². The number of rotatable bonds is 14. The Morgan fingerprint density at radius 2 is 1.46 bits per heavy atom. The lowest BCUT2D eigenvalue weighted by Gasteiger charge is -2.27. The van der Waals surface area contributed by atoms with E-state index in [0.29, 0.717) is 13.0 Å². The van der Waals surface area contributed by atoms with Crippen LogP contribution < -0.4 is 5.32 Å². The molecule has 0 saturated heterocycles. The number of carbonyl (C=O) groups excluding carboxylic acids is 4. The van der Waals surface area contributed by atoms with Crippen molar-refractivity contribution < 1.29 is 28.7 Å². The van der Waals surface area contributed by atoms with Crippen LogP contribution in [0.4, 0.5) is 0 Å². The molecule has 0 unspecified atom stereocenters. The quantitative estimate of drug-likeness (QED) is 0.276. The summed E-state index contributed by atoms with van der Waals surface area (Å²) >= 11 is 0. The smallest absolute Gasteiger partial charge is 0.330 e. The van der Waals surface area contributed by atoms with E-state index in [1.165, 1.54) is 0 Å². The largest absolute Gasteiger partial charge is 0.462 e. The second-order valence-corrected chi connectivity index (χ2v) is 7.75. The van der Waals surface area contributed by atoms with Gasteiger partial charge in [-0.25, -0.2) is 9.59 Å². The van der Waals surface area contributed by atoms with Gasteiger partial charge in [-0.05, 0) is 12.8 Å². The molecule has 0 aromatic heterocycles. The summed E-state index contributed by atoms with van der Waals surface area (Å²) in [7, 11) is 0. The van der Waals surface area contributed by atoms with E-state index in [0.717, 1.165) is 18.6 Å². The molecule has 158 valence electrons. The summed E-state index contributed by atoms with van der Waals surface area (Å²) in [5.41, 5.74) is -1.30. The van der Waals surface area contributed by atoms with E-state index in [4.69, 9.17) is 9.47 Å². The van der Waals surface area contributed by atoms with Crippen molar-refractivity contribution in [1.82, 2.24) is 5.32 Å². The van der Waals surface area contributed by atoms with Gasteiger partial charge in [0.2, 0.25) is 5.91 Å². The summed E-state index contributed by atoms with van der Waals surface area (Å²) in [4.78, 5) is 47.0. The fourth-order valence-corrected chi connectivity index (χ4v) is 2.20. The summed E-state index contributed by atoms with van der Waals surface area (Å²) in [6.07, 6.45) is 3.60. The van der Waals surface area contributed by atoms with Crippen LogP contribution in [0.1, 0.15) is 53.4 Å². The zero-order chi connectivity index (χ0) is 21.8. The van der Waals surface area contributed by atoms with Gasteiger partial charge >= 0.3 is 11.9 Å². The molecule has 0 aliphatic heterocycles. The minimum Gasteiger partial charge on any atom is -0.462 e. The average Bonchev–Trinajstić information content (AvgIpc) is 2.67. The maximum absolute atomic E-state index is 12.4. The van der Waals surface area contributed by atoms with Crippen molar-refractivity contribution in [3.05, 3.63) is 25.3 Å². The number of amides is 1. The first-order valence-corrected chi connectivity index (χ1v) is 9.38. The Morgan fingerprint density at radius 1 is 0.964 bits per heavy atom. The Balaban J connectivity index is 4.62. The van der Waals surface area contributed by atoms with E-state index < -0.39 is 22.8 Å². The maximum atomic E-state index is 12.4. The standard InChI is InChI=1S/C21H33NO6/c1-7-17(24)27-14-21(6,15-28-18(25)8-2)13-16(23)11-10-12-22-19(26)20(4,5)9-3/h7-8H,1-2,9-15H2,3-6H3,(H,22,26). The third kappa shape index (κ3) is 10.0. The second kappa shape index (κ2) is 12.1. The Labute approximate surface area is 167 Å². The van der Waals surface area contributed by atoms with Gasteiger partial charge in [-0.3, -0.25) is 9.59 Å². The van der Waals surface area contributed by atoms with Gasteiger partial charge in [0.15, 0.2) is 0 Å². The molecule has 0 rings (SSSR count). The highest BCUT2D eigenvalue weighted by molar-refractivity contribution is 5.83. The number of ether oxygens (including phenoxy) is 2. The van der Waals surface area contributed by atoms with E-state index in [1.54, 1.807) is 6.92 Å². The number of hydrogen-bond donors (Lipinski definition) is 1. The molecule has 7 heteroatoms. The number of Topliss-reactive ketones (excluding diaryl/α,β-unsaturated/α-hetero) is 1. The molecule has 0 saturated carbocycles. The van der Waals surface area contributed by atoms with Crippen molar-refractivity contribution in [3.8, 4) is 0 Å². The van der Waals surface area contributed by atoms with Gasteiger partial charge in [0.25, 0.3) is 0 Å². The molecular weight excluding hydrogens is 362 g/mol. The molecule has 0 bridgehead atoms. The zero-order valence-corrected chi connectivity index (χ0v) is 17.5. The highest BCUT2D eigenvalue weighted by atomic mass is 16.5. The molecule has 0 aliphatic carbocycles. The summed E-state index contributed by atoms with van der Waals surface area (Å²) in [6.45, 7) is 14.3. The maximum Gasteiger partial charge on any atom is 0.330 e. The molecule has 28 heavy (non-hydrogen) atoms. The summed E-state index contributed by atoms with van der Waals surface area (Å²) in [5, 5.41) is 2.84. The molecule has 0 fully saturated rings. The van der Waals surface area contributed by atoms with Crippen LogP contribution in [-0.4, -0.2) is 43.4 Å². The number of esters is 2. The highest BCUT2D eigenvalue weighted by Crippen LogP contribution is 2.25. The Bertz CT molecular complexity index is 570.